The van der Waals surface area contributed by atoms with E-state index in [-0.39, 0.29) is 181 Å². The number of methoxy groups -OCH3 is 1. The summed E-state index contributed by atoms with van der Waals surface area (Å²) < 4.78 is 70.9. The van der Waals surface area contributed by atoms with E-state index in [4.69, 9.17) is 61.6 Å². The van der Waals surface area contributed by atoms with Gasteiger partial charge in [0.25, 0.3) is 0 Å². The number of hydrogen-bond donors (Lipinski definition) is 0. The summed E-state index contributed by atoms with van der Waals surface area (Å²) >= 11 is 0. The lowest BCUT2D eigenvalue weighted by atomic mass is 9.74. The molecule has 0 aromatic carbocycles. The summed E-state index contributed by atoms with van der Waals surface area (Å²) in [4.78, 5) is 143. The number of rotatable bonds is 20. The van der Waals surface area contributed by atoms with Gasteiger partial charge in [0.05, 0.1) is 82.4 Å². The second kappa shape index (κ2) is 27.9. The highest BCUT2D eigenvalue weighted by molar-refractivity contribution is 5.87. The summed E-state index contributed by atoms with van der Waals surface area (Å²) in [7, 11) is 1.31. The first kappa shape index (κ1) is 75.7. The van der Waals surface area contributed by atoms with Crippen LogP contribution in [-0.4, -0.2) is 158 Å². The zero-order chi connectivity index (χ0) is 73.9. The molecule has 26 unspecified atom stereocenters. The molecular formula is C76H108O25. The number of carbonyl (C=O) groups excluding carboxylic acids is 12. The monoisotopic (exact) mass is 1420 g/mol. The molecule has 9 aliphatic heterocycles. The van der Waals surface area contributed by atoms with Gasteiger partial charge in [0, 0.05) is 53.8 Å². The van der Waals surface area contributed by atoms with Gasteiger partial charge in [-0.2, -0.15) is 0 Å². The number of fused-ring (bicyclic) bond motifs is 5. The van der Waals surface area contributed by atoms with Crippen molar-refractivity contribution in [2.75, 3.05) is 13.7 Å². The SMILES string of the molecule is CCC(C)(C)C(=O)OC1C2CC3C(=O)OC1C3O2.CCC(C)(C)C(=O)OC1C2CC3C1OC(=O)C3C2C(=O)OC.CCC(C)(C)C(=O)OC1C2CC3CC2C(=O)OC31.CCC(C)(C)C(=O)OC1C2CC3CC2C(=O)OC31C.CCC(C)(C)C(=O)OCCCC(=O)OC1C2CC3C(=O)OC1C3C2. The van der Waals surface area contributed by atoms with Crippen LogP contribution in [0.5, 0.6) is 0 Å². The van der Waals surface area contributed by atoms with Crippen LogP contribution in [-0.2, 0) is 119 Å². The van der Waals surface area contributed by atoms with Gasteiger partial charge >= 0.3 is 71.6 Å². The third-order valence-corrected chi connectivity index (χ3v) is 26.8. The Morgan fingerprint density at radius 1 is 0.436 bits per heavy atom. The van der Waals surface area contributed by atoms with Gasteiger partial charge in [-0.25, -0.2) is 0 Å². The molecule has 0 aromatic rings. The second-order valence-corrected chi connectivity index (χ2v) is 34.6. The van der Waals surface area contributed by atoms with Crippen LogP contribution >= 0.6 is 0 Å². The van der Waals surface area contributed by atoms with Crippen LogP contribution in [0.2, 0.25) is 0 Å². The molecule has 26 atom stereocenters. The lowest BCUT2D eigenvalue weighted by Gasteiger charge is -2.47. The van der Waals surface area contributed by atoms with E-state index in [2.05, 4.69) is 0 Å². The largest absolute Gasteiger partial charge is 0.469 e. The first-order valence-electron chi connectivity index (χ1n) is 37.3. The van der Waals surface area contributed by atoms with Gasteiger partial charge in [-0.3, -0.25) is 57.5 Å². The molecule has 14 bridgehead atoms. The molecule has 8 saturated carbocycles. The van der Waals surface area contributed by atoms with Crippen LogP contribution in [0.4, 0.5) is 0 Å². The Morgan fingerprint density at radius 2 is 0.911 bits per heavy atom. The van der Waals surface area contributed by atoms with Crippen molar-refractivity contribution in [2.45, 2.75) is 280 Å². The molecule has 9 heterocycles. The van der Waals surface area contributed by atoms with Gasteiger partial charge in [-0.15, -0.1) is 0 Å². The normalized spacial score (nSPS) is 39.2. The molecular weight excluding hydrogens is 1310 g/mol. The van der Waals surface area contributed by atoms with Gasteiger partial charge in [-0.05, 0) is 166 Å². The minimum atomic E-state index is -0.593. The third-order valence-electron chi connectivity index (χ3n) is 26.8. The summed E-state index contributed by atoms with van der Waals surface area (Å²) in [6, 6.07) is 0. The van der Waals surface area contributed by atoms with Gasteiger partial charge in [0.2, 0.25) is 0 Å². The molecule has 0 radical (unpaired) electrons. The highest BCUT2D eigenvalue weighted by Gasteiger charge is 2.72. The molecule has 0 spiro atoms. The number of esters is 12. The summed E-state index contributed by atoms with van der Waals surface area (Å²) in [5.41, 5.74) is -3.11. The Labute approximate surface area is 591 Å². The standard InChI is InChI=1S/C18H26O6.C16H22O6.C15H22O4.C14H20O4.C13H18O5/c1-4-18(2,3)17(21)22-7-5-6-13(19)23-14-10-8-11-12(9-10)16(20)24-15(11)14;1-5-16(2,3)15(19)22-12-7-6-8-10(9(7)13(17)20-4)14(18)21-11(8)12;1-5-14(2,3)13(17)18-11-9-6-8-7-10(9)12(16)19-15(8,11)4;1-4-14(2,3)13(16)18-11-8-5-7-6-9(8)12(15)17-10(7)11;1-4-13(2,3)12(15)18-9-7-5-6-8(16-7)10(9)17-11(6)14/h10-12,14-15H,4-9H2,1-3H3;7-12H,5-6H2,1-4H3;8-11H,5-7H2,1-4H3;7-11H,4-6H2,1-3H3;6-10H,4-5H2,1-3H3. The Balaban J connectivity index is 0.000000128. The zero-order valence-electron chi connectivity index (χ0n) is 62.0. The van der Waals surface area contributed by atoms with Crippen molar-refractivity contribution in [1.29, 1.82) is 0 Å². The highest BCUT2D eigenvalue weighted by Crippen LogP contribution is 2.63. The molecule has 25 heteroatoms. The number of hydrogen-bond acceptors (Lipinski definition) is 25. The average molecular weight is 1420 g/mol. The molecule has 0 amide bonds. The fraction of sp³-hybridized carbons (Fsp3) is 0.842. The van der Waals surface area contributed by atoms with Crippen LogP contribution < -0.4 is 0 Å². The highest BCUT2D eigenvalue weighted by atomic mass is 16.7. The molecule has 0 aromatic heterocycles. The lowest BCUT2D eigenvalue weighted by molar-refractivity contribution is -0.224. The van der Waals surface area contributed by atoms with Gasteiger partial charge < -0.3 is 61.6 Å². The van der Waals surface area contributed by atoms with Crippen molar-refractivity contribution in [3.63, 3.8) is 0 Å². The van der Waals surface area contributed by atoms with Crippen LogP contribution in [0.3, 0.4) is 0 Å². The first-order valence-corrected chi connectivity index (χ1v) is 37.3. The Morgan fingerprint density at radius 3 is 1.48 bits per heavy atom. The van der Waals surface area contributed by atoms with E-state index in [1.165, 1.54) is 7.11 Å². The molecule has 25 nitrogen and oxygen atoms in total. The van der Waals surface area contributed by atoms with Crippen molar-refractivity contribution in [1.82, 2.24) is 0 Å². The lowest BCUT2D eigenvalue weighted by Crippen LogP contribution is -2.59. The Hall–Kier alpha value is -6.40. The van der Waals surface area contributed by atoms with Crippen LogP contribution in [0.15, 0.2) is 0 Å². The molecule has 9 saturated heterocycles. The molecule has 8 aliphatic carbocycles. The zero-order valence-corrected chi connectivity index (χ0v) is 62.0. The second-order valence-electron chi connectivity index (χ2n) is 34.6. The Bertz CT molecular complexity index is 3250. The van der Waals surface area contributed by atoms with E-state index in [1.807, 2.05) is 111 Å². The number of ether oxygens (including phenoxy) is 13. The smallest absolute Gasteiger partial charge is 0.312 e. The predicted octanol–water partition coefficient (Wildman–Crippen LogP) is 8.82. The molecule has 17 aliphatic rings. The summed E-state index contributed by atoms with van der Waals surface area (Å²) in [6.07, 6.45) is 7.71. The van der Waals surface area contributed by atoms with E-state index in [0.717, 1.165) is 51.4 Å². The van der Waals surface area contributed by atoms with Gasteiger partial charge in [0.1, 0.15) is 54.4 Å². The summed E-state index contributed by atoms with van der Waals surface area (Å²) in [5.74, 6) is -2.47. The first-order chi connectivity index (χ1) is 47.3. The number of carbonyl (C=O) groups is 12. The summed E-state index contributed by atoms with van der Waals surface area (Å²) in [6.45, 7) is 30.5. The maximum absolute atomic E-state index is 12.4. The minimum Gasteiger partial charge on any atom is -0.469 e. The molecule has 17 fully saturated rings. The van der Waals surface area contributed by atoms with E-state index in [1.54, 1.807) is 0 Å². The molecule has 562 valence electrons. The maximum atomic E-state index is 12.4. The van der Waals surface area contributed by atoms with Crippen molar-refractivity contribution in [3.05, 3.63) is 0 Å². The fourth-order valence-electron chi connectivity index (χ4n) is 18.2. The van der Waals surface area contributed by atoms with Crippen LogP contribution in [0.25, 0.3) is 0 Å². The molecule has 17 rings (SSSR count). The third kappa shape index (κ3) is 13.6. The van der Waals surface area contributed by atoms with Crippen LogP contribution in [0.1, 0.15) is 207 Å². The van der Waals surface area contributed by atoms with E-state index < -0.39 is 74.9 Å². The topological polar surface area (TPSA) is 325 Å². The minimum absolute atomic E-state index is 0.0243. The molecule has 101 heavy (non-hydrogen) atoms. The van der Waals surface area contributed by atoms with Crippen molar-refractivity contribution in [2.24, 2.45) is 110 Å². The molecule has 0 N–H and O–H groups in total. The van der Waals surface area contributed by atoms with Crippen molar-refractivity contribution >= 4 is 71.6 Å². The predicted molar refractivity (Wildman–Crippen MR) is 350 cm³/mol. The van der Waals surface area contributed by atoms with E-state index >= 15 is 0 Å². The van der Waals surface area contributed by atoms with E-state index in [0.29, 0.717) is 50.4 Å². The van der Waals surface area contributed by atoms with E-state index in [9.17, 15) is 57.5 Å². The van der Waals surface area contributed by atoms with Crippen molar-refractivity contribution in [3.8, 4) is 0 Å². The van der Waals surface area contributed by atoms with Crippen LogP contribution in [0, 0.1) is 110 Å². The van der Waals surface area contributed by atoms with Crippen molar-refractivity contribution < 1.29 is 119 Å². The van der Waals surface area contributed by atoms with Gasteiger partial charge in [0.15, 0.2) is 12.2 Å². The average Bonchev–Trinajstić information content (AvgIpc) is 1.56. The van der Waals surface area contributed by atoms with Gasteiger partial charge in [-0.1, -0.05) is 34.6 Å². The maximum Gasteiger partial charge on any atom is 0.312 e. The Kier molecular flexibility index (Phi) is 20.9. The fourth-order valence-corrected chi connectivity index (χ4v) is 18.2. The quantitative estimate of drug-likeness (QED) is 0.0624. The summed E-state index contributed by atoms with van der Waals surface area (Å²) in [5, 5.41) is 0.